The monoisotopic (exact) mass is 486 g/mol. The zero-order valence-corrected chi connectivity index (χ0v) is 18.4. The number of nitrogens with zero attached hydrogens (tertiary/aromatic N) is 2. The van der Waals surface area contributed by atoms with E-state index in [0.717, 1.165) is 0 Å². The Balaban J connectivity index is 1.76. The van der Waals surface area contributed by atoms with Crippen molar-refractivity contribution in [3.8, 4) is 11.8 Å². The highest BCUT2D eigenvalue weighted by Gasteiger charge is 2.46. The van der Waals surface area contributed by atoms with Crippen LogP contribution in [0.2, 0.25) is 0 Å². The minimum absolute atomic E-state index is 0.00727. The lowest BCUT2D eigenvalue weighted by atomic mass is 10.2. The van der Waals surface area contributed by atoms with Gasteiger partial charge in [-0.3, -0.25) is 4.79 Å². The van der Waals surface area contributed by atoms with Gasteiger partial charge in [0.05, 0.1) is 30.8 Å². The van der Waals surface area contributed by atoms with E-state index in [1.165, 1.54) is 29.2 Å². The minimum Gasteiger partial charge on any atom is -0.435 e. The van der Waals surface area contributed by atoms with Crippen LogP contribution in [0.15, 0.2) is 24.3 Å². The van der Waals surface area contributed by atoms with Crippen molar-refractivity contribution < 1.29 is 36.3 Å². The van der Waals surface area contributed by atoms with Gasteiger partial charge < -0.3 is 25.0 Å². The van der Waals surface area contributed by atoms with Crippen LogP contribution in [0.25, 0.3) is 0 Å². The first-order valence-corrected chi connectivity index (χ1v) is 12.0. The Morgan fingerprint density at radius 3 is 2.52 bits per heavy atom. The third-order valence-corrected chi connectivity index (χ3v) is 6.82. The van der Waals surface area contributed by atoms with E-state index in [1.807, 2.05) is 6.07 Å². The lowest BCUT2D eigenvalue weighted by Crippen LogP contribution is -2.57. The summed E-state index contributed by atoms with van der Waals surface area (Å²) in [5, 5.41) is 14.2. The molecule has 3 rings (SSSR count). The van der Waals surface area contributed by atoms with Crippen LogP contribution in [0.3, 0.4) is 0 Å². The highest BCUT2D eigenvalue weighted by Crippen LogP contribution is 2.34. The number of benzene rings is 1. The van der Waals surface area contributed by atoms with E-state index >= 15 is 0 Å². The van der Waals surface area contributed by atoms with Crippen molar-refractivity contribution in [2.45, 2.75) is 36.8 Å². The molecule has 10 nitrogen and oxygen atoms in total. The van der Waals surface area contributed by atoms with Crippen LogP contribution in [0.5, 0.6) is 5.75 Å². The van der Waals surface area contributed by atoms with Gasteiger partial charge in [0, 0.05) is 18.7 Å². The summed E-state index contributed by atoms with van der Waals surface area (Å²) in [5.41, 5.74) is -1.08. The lowest BCUT2D eigenvalue weighted by molar-refractivity contribution is -0.123. The average Bonchev–Trinajstić information content (AvgIpc) is 3.54. The Labute approximate surface area is 189 Å². The number of urea groups is 1. The SMILES string of the molecule is N#CC1(NC(=O)C(CS(=O)(=O)Cc2ccccc2OC(F)F)NC(=O)N2CCOCC2)CC1. The predicted molar refractivity (Wildman–Crippen MR) is 111 cm³/mol. The molecule has 1 aliphatic heterocycles. The summed E-state index contributed by atoms with van der Waals surface area (Å²) in [5.74, 6) is -2.58. The highest BCUT2D eigenvalue weighted by molar-refractivity contribution is 7.90. The maximum absolute atomic E-state index is 12.9. The van der Waals surface area contributed by atoms with Gasteiger partial charge in [-0.05, 0) is 18.9 Å². The van der Waals surface area contributed by atoms with Crippen LogP contribution in [-0.2, 0) is 25.1 Å². The molecule has 180 valence electrons. The van der Waals surface area contributed by atoms with E-state index < -0.39 is 51.5 Å². The normalized spacial score (nSPS) is 18.2. The number of hydrogen-bond donors (Lipinski definition) is 2. The number of sulfone groups is 1. The molecular weight excluding hydrogens is 462 g/mol. The van der Waals surface area contributed by atoms with Crippen LogP contribution in [0.4, 0.5) is 13.6 Å². The Bertz CT molecular complexity index is 1020. The highest BCUT2D eigenvalue weighted by atomic mass is 32.2. The third-order valence-electron chi connectivity index (χ3n) is 5.22. The molecule has 1 aromatic rings. The van der Waals surface area contributed by atoms with E-state index in [4.69, 9.17) is 4.74 Å². The second-order valence-electron chi connectivity index (χ2n) is 7.83. The molecule has 2 aliphatic rings. The van der Waals surface area contributed by atoms with Gasteiger partial charge in [-0.25, -0.2) is 13.2 Å². The number of halogens is 2. The molecule has 1 unspecified atom stereocenters. The summed E-state index contributed by atoms with van der Waals surface area (Å²) >= 11 is 0. The van der Waals surface area contributed by atoms with Gasteiger partial charge in [-0.2, -0.15) is 14.0 Å². The Morgan fingerprint density at radius 2 is 1.91 bits per heavy atom. The number of nitrogens with one attached hydrogen (secondary N) is 2. The number of alkyl halides is 2. The molecule has 3 amide bonds. The molecule has 1 aliphatic carbocycles. The fourth-order valence-corrected chi connectivity index (χ4v) is 4.86. The van der Waals surface area contributed by atoms with Crippen LogP contribution in [-0.4, -0.2) is 75.5 Å². The molecule has 1 saturated carbocycles. The molecule has 0 spiro atoms. The number of ether oxygens (including phenoxy) is 2. The van der Waals surface area contributed by atoms with Crippen molar-refractivity contribution in [2.24, 2.45) is 0 Å². The summed E-state index contributed by atoms with van der Waals surface area (Å²) in [6.07, 6.45) is 0.842. The maximum Gasteiger partial charge on any atom is 0.387 e. The quantitative estimate of drug-likeness (QED) is 0.526. The van der Waals surface area contributed by atoms with E-state index in [-0.39, 0.29) is 24.4 Å². The van der Waals surface area contributed by atoms with Gasteiger partial charge >= 0.3 is 12.6 Å². The van der Waals surface area contributed by atoms with Crippen LogP contribution < -0.4 is 15.4 Å². The molecule has 2 N–H and O–H groups in total. The fraction of sp³-hybridized carbons (Fsp3) is 0.550. The summed E-state index contributed by atoms with van der Waals surface area (Å²) in [6.45, 7) is -1.98. The minimum atomic E-state index is -4.08. The van der Waals surface area contributed by atoms with Crippen molar-refractivity contribution in [1.82, 2.24) is 15.5 Å². The predicted octanol–water partition coefficient (Wildman–Crippen LogP) is 0.786. The van der Waals surface area contributed by atoms with Crippen molar-refractivity contribution in [3.63, 3.8) is 0 Å². The molecule has 0 radical (unpaired) electrons. The number of morpholine rings is 1. The van der Waals surface area contributed by atoms with Crippen molar-refractivity contribution in [2.75, 3.05) is 32.1 Å². The second kappa shape index (κ2) is 10.3. The zero-order valence-electron chi connectivity index (χ0n) is 17.6. The van der Waals surface area contributed by atoms with Crippen LogP contribution >= 0.6 is 0 Å². The number of carbonyl (C=O) groups excluding carboxylic acids is 2. The lowest BCUT2D eigenvalue weighted by Gasteiger charge is -2.29. The van der Waals surface area contributed by atoms with Gasteiger partial charge in [-0.1, -0.05) is 18.2 Å². The van der Waals surface area contributed by atoms with Gasteiger partial charge in [-0.15, -0.1) is 0 Å². The van der Waals surface area contributed by atoms with Gasteiger partial charge in [0.15, 0.2) is 9.84 Å². The molecule has 13 heteroatoms. The van der Waals surface area contributed by atoms with E-state index in [1.54, 1.807) is 0 Å². The number of para-hydroxylation sites is 1. The molecule has 1 atom stereocenters. The molecule has 33 heavy (non-hydrogen) atoms. The smallest absolute Gasteiger partial charge is 0.387 e. The Kier molecular flexibility index (Phi) is 7.70. The number of rotatable bonds is 9. The zero-order chi connectivity index (χ0) is 24.1. The number of nitriles is 1. The fourth-order valence-electron chi connectivity index (χ4n) is 3.29. The molecular formula is C20H24F2N4O6S. The van der Waals surface area contributed by atoms with Gasteiger partial charge in [0.2, 0.25) is 5.91 Å². The Hall–Kier alpha value is -2.98. The summed E-state index contributed by atoms with van der Waals surface area (Å²) in [7, 11) is -4.08. The molecule has 2 fully saturated rings. The first-order valence-electron chi connectivity index (χ1n) is 10.2. The summed E-state index contributed by atoms with van der Waals surface area (Å²) in [6, 6.07) is 5.27. The van der Waals surface area contributed by atoms with Gasteiger partial charge in [0.25, 0.3) is 0 Å². The second-order valence-corrected chi connectivity index (χ2v) is 9.93. The number of hydrogen-bond acceptors (Lipinski definition) is 7. The van der Waals surface area contributed by atoms with Crippen molar-refractivity contribution in [1.29, 1.82) is 5.26 Å². The third kappa shape index (κ3) is 7.00. The number of carbonyl (C=O) groups is 2. The average molecular weight is 486 g/mol. The molecule has 0 aromatic heterocycles. The summed E-state index contributed by atoms with van der Waals surface area (Å²) in [4.78, 5) is 26.8. The van der Waals surface area contributed by atoms with E-state index in [2.05, 4.69) is 15.4 Å². The standard InChI is InChI=1S/C20H24F2N4O6S/c21-18(22)32-16-4-2-1-3-14(16)11-33(29,30)12-15(17(27)25-20(13-23)5-6-20)24-19(28)26-7-9-31-10-8-26/h1-4,15,18H,5-12H2,(H,24,28)(H,25,27). The van der Waals surface area contributed by atoms with Crippen molar-refractivity contribution >= 4 is 21.8 Å². The number of amides is 3. The first-order chi connectivity index (χ1) is 15.6. The topological polar surface area (TPSA) is 138 Å². The molecule has 0 bridgehead atoms. The van der Waals surface area contributed by atoms with Crippen LogP contribution in [0.1, 0.15) is 18.4 Å². The summed E-state index contributed by atoms with van der Waals surface area (Å²) < 4.78 is 60.6. The van der Waals surface area contributed by atoms with Crippen molar-refractivity contribution in [3.05, 3.63) is 29.8 Å². The van der Waals surface area contributed by atoms with Crippen LogP contribution in [0, 0.1) is 11.3 Å². The van der Waals surface area contributed by atoms with E-state index in [9.17, 15) is 32.0 Å². The molecule has 1 aromatic carbocycles. The maximum atomic E-state index is 12.9. The first kappa shape index (κ1) is 24.7. The molecule has 1 saturated heterocycles. The Morgan fingerprint density at radius 1 is 1.24 bits per heavy atom. The van der Waals surface area contributed by atoms with E-state index in [0.29, 0.717) is 26.1 Å². The molecule has 1 heterocycles. The largest absolute Gasteiger partial charge is 0.435 e. The van der Waals surface area contributed by atoms with Gasteiger partial charge in [0.1, 0.15) is 17.3 Å².